The molecule has 0 aromatic heterocycles. The van der Waals surface area contributed by atoms with E-state index >= 15 is 0 Å². The highest BCUT2D eigenvalue weighted by Crippen LogP contribution is 2.17. The van der Waals surface area contributed by atoms with Crippen molar-refractivity contribution in [1.82, 2.24) is 5.32 Å². The van der Waals surface area contributed by atoms with Gasteiger partial charge >= 0.3 is 0 Å². The van der Waals surface area contributed by atoms with Gasteiger partial charge in [0.05, 0.1) is 6.54 Å². The minimum atomic E-state index is 0. The molecule has 0 heterocycles. The highest BCUT2D eigenvalue weighted by atomic mass is 35.5. The Balaban J connectivity index is 0.00000128. The van der Waals surface area contributed by atoms with Gasteiger partial charge in [0.15, 0.2) is 0 Å². The van der Waals surface area contributed by atoms with Crippen LogP contribution in [0.5, 0.6) is 0 Å². The van der Waals surface area contributed by atoms with Gasteiger partial charge in [-0.05, 0) is 31.4 Å². The summed E-state index contributed by atoms with van der Waals surface area (Å²) in [5.41, 5.74) is 0.987. The van der Waals surface area contributed by atoms with Gasteiger partial charge < -0.3 is 10.6 Å². The Kier molecular flexibility index (Phi) is 5.12. The Morgan fingerprint density at radius 1 is 1.25 bits per heavy atom. The number of hydrogen-bond donors (Lipinski definition) is 2. The summed E-state index contributed by atoms with van der Waals surface area (Å²) in [7, 11) is 0. The first-order chi connectivity index (χ1) is 7.34. The molecule has 0 bridgehead atoms. The van der Waals surface area contributed by atoms with Gasteiger partial charge in [-0.3, -0.25) is 4.79 Å². The van der Waals surface area contributed by atoms with Crippen molar-refractivity contribution in [3.05, 3.63) is 30.3 Å². The predicted molar refractivity (Wildman–Crippen MR) is 68.0 cm³/mol. The summed E-state index contributed by atoms with van der Waals surface area (Å²) >= 11 is 0. The third kappa shape index (κ3) is 3.74. The smallest absolute Gasteiger partial charge is 0.239 e. The van der Waals surface area contributed by atoms with Crippen molar-refractivity contribution in [3.63, 3.8) is 0 Å². The van der Waals surface area contributed by atoms with Crippen LogP contribution in [0.4, 0.5) is 5.69 Å². The van der Waals surface area contributed by atoms with Gasteiger partial charge in [-0.1, -0.05) is 18.2 Å². The van der Waals surface area contributed by atoms with Crippen LogP contribution in [0, 0.1) is 0 Å². The molecule has 0 spiro atoms. The van der Waals surface area contributed by atoms with E-state index in [0.717, 1.165) is 18.5 Å². The van der Waals surface area contributed by atoms with Crippen molar-refractivity contribution >= 4 is 24.0 Å². The fraction of sp³-hybridized carbons (Fsp3) is 0.417. The molecule has 0 unspecified atom stereocenters. The van der Waals surface area contributed by atoms with Gasteiger partial charge in [0.1, 0.15) is 0 Å². The Hall–Kier alpha value is -1.22. The maximum Gasteiger partial charge on any atom is 0.239 e. The molecule has 1 aromatic rings. The van der Waals surface area contributed by atoms with Gasteiger partial charge in [-0.25, -0.2) is 0 Å². The zero-order valence-corrected chi connectivity index (χ0v) is 9.93. The van der Waals surface area contributed by atoms with Gasteiger partial charge in [-0.15, -0.1) is 12.4 Å². The van der Waals surface area contributed by atoms with Crippen molar-refractivity contribution in [2.24, 2.45) is 0 Å². The Morgan fingerprint density at radius 2 is 1.94 bits per heavy atom. The van der Waals surface area contributed by atoms with Crippen LogP contribution >= 0.6 is 12.4 Å². The summed E-state index contributed by atoms with van der Waals surface area (Å²) in [5.74, 6) is 0.0866. The number of halogens is 1. The second-order valence-electron chi connectivity index (χ2n) is 3.91. The van der Waals surface area contributed by atoms with E-state index in [1.807, 2.05) is 30.3 Å². The van der Waals surface area contributed by atoms with E-state index < -0.39 is 0 Å². The lowest BCUT2D eigenvalue weighted by Gasteiger charge is -2.26. The molecule has 0 atom stereocenters. The van der Waals surface area contributed by atoms with Crippen molar-refractivity contribution < 1.29 is 4.79 Å². The molecule has 16 heavy (non-hydrogen) atoms. The monoisotopic (exact) mass is 240 g/mol. The third-order valence-corrected chi connectivity index (χ3v) is 2.70. The molecule has 1 aliphatic carbocycles. The Morgan fingerprint density at radius 3 is 2.50 bits per heavy atom. The van der Waals surface area contributed by atoms with Crippen LogP contribution in [0.15, 0.2) is 30.3 Å². The average Bonchev–Trinajstić information content (AvgIpc) is 2.22. The van der Waals surface area contributed by atoms with Crippen molar-refractivity contribution in [2.45, 2.75) is 25.3 Å². The number of nitrogens with one attached hydrogen (secondary N) is 2. The van der Waals surface area contributed by atoms with E-state index in [4.69, 9.17) is 0 Å². The topological polar surface area (TPSA) is 41.1 Å². The summed E-state index contributed by atoms with van der Waals surface area (Å²) in [4.78, 5) is 11.4. The SMILES string of the molecule is Cl.O=C(CNc1ccccc1)NC1CCC1. The van der Waals surface area contributed by atoms with Crippen LogP contribution < -0.4 is 10.6 Å². The first-order valence-corrected chi connectivity index (χ1v) is 5.43. The number of rotatable bonds is 4. The zero-order chi connectivity index (χ0) is 10.5. The van der Waals surface area contributed by atoms with Crippen molar-refractivity contribution in [3.8, 4) is 0 Å². The highest BCUT2D eigenvalue weighted by Gasteiger charge is 2.18. The van der Waals surface area contributed by atoms with Crippen LogP contribution in [-0.4, -0.2) is 18.5 Å². The molecular weight excluding hydrogens is 224 g/mol. The number of carbonyl (C=O) groups is 1. The number of para-hydroxylation sites is 1. The van der Waals surface area contributed by atoms with Crippen LogP contribution in [0.2, 0.25) is 0 Å². The van der Waals surface area contributed by atoms with E-state index in [-0.39, 0.29) is 18.3 Å². The fourth-order valence-electron chi connectivity index (χ4n) is 1.57. The molecule has 2 rings (SSSR count). The third-order valence-electron chi connectivity index (χ3n) is 2.70. The van der Waals surface area contributed by atoms with Gasteiger partial charge in [0, 0.05) is 11.7 Å². The molecule has 0 radical (unpaired) electrons. The fourth-order valence-corrected chi connectivity index (χ4v) is 1.57. The maximum atomic E-state index is 11.4. The van der Waals surface area contributed by atoms with E-state index in [2.05, 4.69) is 10.6 Å². The number of carbonyl (C=O) groups excluding carboxylic acids is 1. The molecule has 0 saturated heterocycles. The molecule has 1 aliphatic rings. The summed E-state index contributed by atoms with van der Waals surface area (Å²) in [5, 5.41) is 6.07. The van der Waals surface area contributed by atoms with Crippen molar-refractivity contribution in [1.29, 1.82) is 0 Å². The van der Waals surface area contributed by atoms with Crippen LogP contribution in [-0.2, 0) is 4.79 Å². The minimum absolute atomic E-state index is 0. The van der Waals surface area contributed by atoms with Crippen molar-refractivity contribution in [2.75, 3.05) is 11.9 Å². The Bertz CT molecular complexity index is 325. The predicted octanol–water partition coefficient (Wildman–Crippen LogP) is 2.19. The maximum absolute atomic E-state index is 11.4. The molecule has 0 aliphatic heterocycles. The van der Waals surface area contributed by atoms with E-state index in [1.54, 1.807) is 0 Å². The number of anilines is 1. The Labute approximate surface area is 102 Å². The van der Waals surface area contributed by atoms with Gasteiger partial charge in [0.2, 0.25) is 5.91 Å². The summed E-state index contributed by atoms with van der Waals surface area (Å²) in [6.07, 6.45) is 3.52. The second kappa shape index (κ2) is 6.38. The molecular formula is C12H17ClN2O. The summed E-state index contributed by atoms with van der Waals surface area (Å²) in [6, 6.07) is 10.2. The molecule has 1 saturated carbocycles. The van der Waals surface area contributed by atoms with Crippen LogP contribution in [0.1, 0.15) is 19.3 Å². The number of hydrogen-bond acceptors (Lipinski definition) is 2. The lowest BCUT2D eigenvalue weighted by molar-refractivity contribution is -0.120. The number of benzene rings is 1. The highest BCUT2D eigenvalue weighted by molar-refractivity contribution is 5.85. The largest absolute Gasteiger partial charge is 0.376 e. The first kappa shape index (κ1) is 12.8. The summed E-state index contributed by atoms with van der Waals surface area (Å²) < 4.78 is 0. The molecule has 1 aromatic carbocycles. The molecule has 1 fully saturated rings. The normalized spacial score (nSPS) is 14.5. The zero-order valence-electron chi connectivity index (χ0n) is 9.11. The minimum Gasteiger partial charge on any atom is -0.376 e. The van der Waals surface area contributed by atoms with E-state index in [9.17, 15) is 4.79 Å². The number of amides is 1. The lowest BCUT2D eigenvalue weighted by Crippen LogP contribution is -2.42. The van der Waals surface area contributed by atoms with E-state index in [1.165, 1.54) is 6.42 Å². The summed E-state index contributed by atoms with van der Waals surface area (Å²) in [6.45, 7) is 0.362. The average molecular weight is 241 g/mol. The molecule has 2 N–H and O–H groups in total. The molecule has 3 nitrogen and oxygen atoms in total. The van der Waals surface area contributed by atoms with E-state index in [0.29, 0.717) is 12.6 Å². The van der Waals surface area contributed by atoms with Crippen LogP contribution in [0.25, 0.3) is 0 Å². The lowest BCUT2D eigenvalue weighted by atomic mass is 9.93. The second-order valence-corrected chi connectivity index (χ2v) is 3.91. The van der Waals surface area contributed by atoms with Gasteiger partial charge in [0.25, 0.3) is 0 Å². The molecule has 1 amide bonds. The molecule has 88 valence electrons. The quantitative estimate of drug-likeness (QED) is 0.847. The van der Waals surface area contributed by atoms with Crippen LogP contribution in [0.3, 0.4) is 0 Å². The van der Waals surface area contributed by atoms with Gasteiger partial charge in [-0.2, -0.15) is 0 Å². The first-order valence-electron chi connectivity index (χ1n) is 5.43. The standard InChI is InChI=1S/C12H16N2O.ClH/c15-12(14-11-7-4-8-11)9-13-10-5-2-1-3-6-10;/h1-3,5-6,11,13H,4,7-9H2,(H,14,15);1H. The molecule has 4 heteroatoms.